The maximum absolute atomic E-state index is 13.4. The van der Waals surface area contributed by atoms with E-state index in [9.17, 15) is 18.4 Å². The number of unbranched alkanes of at least 4 members (excludes halogenated alkanes) is 1. The van der Waals surface area contributed by atoms with Crippen molar-refractivity contribution in [1.29, 1.82) is 0 Å². The first-order valence-corrected chi connectivity index (χ1v) is 13.5. The van der Waals surface area contributed by atoms with Gasteiger partial charge in [0.2, 0.25) is 0 Å². The van der Waals surface area contributed by atoms with Crippen molar-refractivity contribution >= 4 is 23.4 Å². The predicted octanol–water partition coefficient (Wildman–Crippen LogP) is 6.45. The summed E-state index contributed by atoms with van der Waals surface area (Å²) in [7, 11) is 5.52. The number of halogens is 2. The van der Waals surface area contributed by atoms with Gasteiger partial charge in [-0.1, -0.05) is 24.8 Å². The summed E-state index contributed by atoms with van der Waals surface area (Å²) in [5, 5.41) is 0. The Labute approximate surface area is 240 Å². The van der Waals surface area contributed by atoms with Crippen molar-refractivity contribution in [2.45, 2.75) is 65.2 Å². The Morgan fingerprint density at radius 2 is 1.90 bits per heavy atom. The van der Waals surface area contributed by atoms with Crippen molar-refractivity contribution in [1.82, 2.24) is 19.4 Å². The molecule has 8 nitrogen and oxygen atoms in total. The van der Waals surface area contributed by atoms with Gasteiger partial charge in [-0.2, -0.15) is 8.78 Å². The lowest BCUT2D eigenvalue weighted by Gasteiger charge is -2.25. The molecule has 0 fully saturated rings. The number of amides is 1. The van der Waals surface area contributed by atoms with Gasteiger partial charge in [0.25, 0.3) is 0 Å². The molecule has 0 bridgehead atoms. The largest absolute Gasteiger partial charge is 0.444 e. The van der Waals surface area contributed by atoms with E-state index >= 15 is 0 Å². The number of benzene rings is 2. The first-order chi connectivity index (χ1) is 19.4. The fourth-order valence-electron chi connectivity index (χ4n) is 4.47. The molecular formula is C31H38F2N4O4. The highest BCUT2D eigenvalue weighted by molar-refractivity contribution is 5.87. The van der Waals surface area contributed by atoms with Gasteiger partial charge in [-0.05, 0) is 78.0 Å². The molecule has 0 N–H and O–H groups in total. The van der Waals surface area contributed by atoms with Gasteiger partial charge < -0.3 is 14.4 Å². The van der Waals surface area contributed by atoms with Crippen molar-refractivity contribution in [3.05, 3.63) is 53.3 Å². The number of para-hydroxylation sites is 1. The number of carbonyl (C=O) groups excluding carboxylic acids is 2. The second kappa shape index (κ2) is 13.6. The Balaban J connectivity index is 2.00. The van der Waals surface area contributed by atoms with Gasteiger partial charge in [0.1, 0.15) is 17.1 Å². The van der Waals surface area contributed by atoms with E-state index in [1.807, 2.05) is 64.9 Å². The first-order valence-electron chi connectivity index (χ1n) is 13.5. The molecule has 1 atom stereocenters. The van der Waals surface area contributed by atoms with Crippen LogP contribution >= 0.6 is 0 Å². The molecule has 2 aromatic carbocycles. The molecule has 0 aliphatic heterocycles. The average Bonchev–Trinajstić information content (AvgIpc) is 3.24. The van der Waals surface area contributed by atoms with Crippen LogP contribution in [-0.4, -0.2) is 71.6 Å². The van der Waals surface area contributed by atoms with Crippen LogP contribution in [0.15, 0.2) is 36.4 Å². The maximum Gasteiger partial charge on any atom is 0.410 e. The Hall–Kier alpha value is -3.97. The monoisotopic (exact) mass is 568 g/mol. The molecule has 0 unspecified atom stereocenters. The molecular weight excluding hydrogens is 530 g/mol. The summed E-state index contributed by atoms with van der Waals surface area (Å²) < 4.78 is 38.7. The van der Waals surface area contributed by atoms with E-state index in [0.717, 1.165) is 0 Å². The van der Waals surface area contributed by atoms with Gasteiger partial charge in [0.05, 0.1) is 17.1 Å². The van der Waals surface area contributed by atoms with E-state index < -0.39 is 12.2 Å². The minimum absolute atomic E-state index is 0.121. The predicted molar refractivity (Wildman–Crippen MR) is 155 cm³/mol. The molecule has 0 aliphatic rings. The van der Waals surface area contributed by atoms with E-state index in [0.29, 0.717) is 54.5 Å². The van der Waals surface area contributed by atoms with Gasteiger partial charge in [-0.15, -0.1) is 0 Å². The minimum atomic E-state index is -3.07. The zero-order chi connectivity index (χ0) is 30.3. The van der Waals surface area contributed by atoms with Gasteiger partial charge in [0.15, 0.2) is 12.0 Å². The SMILES string of the molecule is CC[C@H](c1nc2ccc(C#CCCCN(C)C(=O)OC(C)(C)C)cc2n1-c1c(C=O)cccc1OC(F)F)N(C)C. The van der Waals surface area contributed by atoms with Crippen LogP contribution in [0.4, 0.5) is 13.6 Å². The van der Waals surface area contributed by atoms with E-state index in [-0.39, 0.29) is 29.1 Å². The summed E-state index contributed by atoms with van der Waals surface area (Å²) in [6.07, 6.45) is 2.14. The molecule has 0 aliphatic carbocycles. The van der Waals surface area contributed by atoms with Gasteiger partial charge in [0, 0.05) is 31.1 Å². The van der Waals surface area contributed by atoms with Crippen molar-refractivity contribution in [2.75, 3.05) is 27.7 Å². The number of ether oxygens (including phenoxy) is 2. The average molecular weight is 569 g/mol. The molecule has 10 heteroatoms. The number of nitrogens with zero attached hydrogens (tertiary/aromatic N) is 4. The number of imidazole rings is 1. The quantitative estimate of drug-likeness (QED) is 0.159. The number of rotatable bonds is 10. The number of hydrogen-bond donors (Lipinski definition) is 0. The van der Waals surface area contributed by atoms with Crippen LogP contribution in [0.3, 0.4) is 0 Å². The molecule has 3 aromatic rings. The Kier molecular flexibility index (Phi) is 10.5. The maximum atomic E-state index is 13.4. The summed E-state index contributed by atoms with van der Waals surface area (Å²) in [6.45, 7) is 4.90. The molecule has 3 rings (SSSR count). The summed E-state index contributed by atoms with van der Waals surface area (Å²) in [6, 6.07) is 9.82. The van der Waals surface area contributed by atoms with Crippen molar-refractivity contribution < 1.29 is 27.8 Å². The lowest BCUT2D eigenvalue weighted by atomic mass is 10.1. The van der Waals surface area contributed by atoms with Crippen LogP contribution in [0.5, 0.6) is 5.75 Å². The molecule has 1 amide bonds. The van der Waals surface area contributed by atoms with E-state index in [1.165, 1.54) is 17.0 Å². The fraction of sp³-hybridized carbons (Fsp3) is 0.452. The van der Waals surface area contributed by atoms with E-state index in [4.69, 9.17) is 14.5 Å². The molecule has 0 spiro atoms. The number of hydrogen-bond acceptors (Lipinski definition) is 6. The van der Waals surface area contributed by atoms with Crippen molar-refractivity contribution in [3.63, 3.8) is 0 Å². The Morgan fingerprint density at radius 1 is 1.17 bits per heavy atom. The van der Waals surface area contributed by atoms with Crippen LogP contribution < -0.4 is 4.74 Å². The summed E-state index contributed by atoms with van der Waals surface area (Å²) in [5.74, 6) is 6.76. The fourth-order valence-corrected chi connectivity index (χ4v) is 4.47. The zero-order valence-electron chi connectivity index (χ0n) is 24.7. The van der Waals surface area contributed by atoms with E-state index in [1.54, 1.807) is 17.7 Å². The first kappa shape index (κ1) is 31.6. The zero-order valence-corrected chi connectivity index (χ0v) is 24.7. The Morgan fingerprint density at radius 3 is 2.51 bits per heavy atom. The number of alkyl halides is 2. The summed E-state index contributed by atoms with van der Waals surface area (Å²) in [4.78, 5) is 32.6. The van der Waals surface area contributed by atoms with Crippen molar-refractivity contribution in [2.24, 2.45) is 0 Å². The highest BCUT2D eigenvalue weighted by Crippen LogP contribution is 2.36. The highest BCUT2D eigenvalue weighted by atomic mass is 19.3. The number of fused-ring (bicyclic) bond motifs is 1. The van der Waals surface area contributed by atoms with Crippen molar-refractivity contribution in [3.8, 4) is 23.3 Å². The second-order valence-electron chi connectivity index (χ2n) is 10.9. The normalized spacial score (nSPS) is 12.3. The second-order valence-corrected chi connectivity index (χ2v) is 10.9. The van der Waals surface area contributed by atoms with Gasteiger partial charge in [-0.3, -0.25) is 14.3 Å². The minimum Gasteiger partial charge on any atom is -0.444 e. The van der Waals surface area contributed by atoms with Crippen LogP contribution in [0, 0.1) is 11.8 Å². The van der Waals surface area contributed by atoms with Gasteiger partial charge >= 0.3 is 12.7 Å². The third-order valence-corrected chi connectivity index (χ3v) is 6.32. The molecule has 0 radical (unpaired) electrons. The van der Waals surface area contributed by atoms with Gasteiger partial charge in [-0.25, -0.2) is 9.78 Å². The Bertz CT molecular complexity index is 1430. The van der Waals surface area contributed by atoms with Crippen LogP contribution in [0.25, 0.3) is 16.7 Å². The summed E-state index contributed by atoms with van der Waals surface area (Å²) >= 11 is 0. The number of carbonyl (C=O) groups is 2. The summed E-state index contributed by atoms with van der Waals surface area (Å²) in [5.41, 5.74) is 1.79. The van der Waals surface area contributed by atoms with Crippen LogP contribution in [-0.2, 0) is 4.74 Å². The molecule has 0 saturated heterocycles. The highest BCUT2D eigenvalue weighted by Gasteiger charge is 2.26. The number of aldehydes is 1. The third kappa shape index (κ3) is 8.04. The molecule has 1 aromatic heterocycles. The lowest BCUT2D eigenvalue weighted by molar-refractivity contribution is -0.0499. The topological polar surface area (TPSA) is 76.9 Å². The molecule has 0 saturated carbocycles. The van der Waals surface area contributed by atoms with E-state index in [2.05, 4.69) is 11.8 Å². The third-order valence-electron chi connectivity index (χ3n) is 6.32. The molecule has 41 heavy (non-hydrogen) atoms. The van der Waals surface area contributed by atoms with Crippen LogP contribution in [0.2, 0.25) is 0 Å². The lowest BCUT2D eigenvalue weighted by Crippen LogP contribution is -2.34. The smallest absolute Gasteiger partial charge is 0.410 e. The van der Waals surface area contributed by atoms with Crippen LogP contribution in [0.1, 0.15) is 74.7 Å². The standard InChI is InChI=1S/C31H38F2N4O4/c1-8-24(35(5)6)28-34-23-17-16-21(13-10-9-11-18-36(7)30(39)41-31(2,3)4)19-25(23)37(28)27-22(20-38)14-12-15-26(27)40-29(32)33/h12,14-17,19-20,24,29H,8-9,11,18H2,1-7H3/t24-/m1/s1. The molecule has 1 heterocycles. The molecule has 220 valence electrons. The number of aromatic nitrogens is 2.